The molecule has 13 heavy (non-hydrogen) atoms. The molecule has 3 nitrogen and oxygen atoms in total. The van der Waals surface area contributed by atoms with Crippen molar-refractivity contribution in [2.24, 2.45) is 0 Å². The normalized spacial score (nSPS) is 40.9. The SMILES string of the molecule is C/C=C/[C@@H]1O[C@H](/C=C/C)[C@H](O)[C@H]1O. The van der Waals surface area contributed by atoms with E-state index in [4.69, 9.17) is 4.74 Å². The van der Waals surface area contributed by atoms with Crippen molar-refractivity contribution in [2.75, 3.05) is 0 Å². The summed E-state index contributed by atoms with van der Waals surface area (Å²) in [4.78, 5) is 0. The molecule has 0 radical (unpaired) electrons. The number of ether oxygens (including phenoxy) is 1. The first-order chi connectivity index (χ1) is 6.20. The minimum absolute atomic E-state index is 0.388. The molecular weight excluding hydrogens is 168 g/mol. The van der Waals surface area contributed by atoms with Gasteiger partial charge in [-0.1, -0.05) is 24.3 Å². The Balaban J connectivity index is 2.66. The molecule has 1 fully saturated rings. The Hall–Kier alpha value is -0.640. The molecule has 0 aromatic carbocycles. The van der Waals surface area contributed by atoms with Crippen molar-refractivity contribution in [2.45, 2.75) is 38.3 Å². The first-order valence-corrected chi connectivity index (χ1v) is 4.48. The molecule has 0 bridgehead atoms. The number of aliphatic hydroxyl groups is 2. The van der Waals surface area contributed by atoms with E-state index in [1.54, 1.807) is 24.3 Å². The van der Waals surface area contributed by atoms with E-state index in [-0.39, 0.29) is 12.2 Å². The molecular formula is C10H16O3. The highest BCUT2D eigenvalue weighted by atomic mass is 16.5. The van der Waals surface area contributed by atoms with Gasteiger partial charge in [0.05, 0.1) is 0 Å². The van der Waals surface area contributed by atoms with E-state index in [0.29, 0.717) is 0 Å². The van der Waals surface area contributed by atoms with Crippen molar-refractivity contribution in [3.8, 4) is 0 Å². The van der Waals surface area contributed by atoms with Crippen molar-refractivity contribution in [3.63, 3.8) is 0 Å². The molecule has 4 atom stereocenters. The van der Waals surface area contributed by atoms with Crippen LogP contribution < -0.4 is 0 Å². The zero-order valence-corrected chi connectivity index (χ0v) is 7.92. The van der Waals surface area contributed by atoms with E-state index in [0.717, 1.165) is 0 Å². The monoisotopic (exact) mass is 184 g/mol. The second-order valence-corrected chi connectivity index (χ2v) is 3.10. The van der Waals surface area contributed by atoms with Crippen molar-refractivity contribution in [3.05, 3.63) is 24.3 Å². The second-order valence-electron chi connectivity index (χ2n) is 3.10. The smallest absolute Gasteiger partial charge is 0.112 e. The number of aliphatic hydroxyl groups excluding tert-OH is 2. The predicted octanol–water partition coefficient (Wildman–Crippen LogP) is 0.628. The zero-order valence-electron chi connectivity index (χ0n) is 7.92. The van der Waals surface area contributed by atoms with Gasteiger partial charge in [0.1, 0.15) is 24.4 Å². The Labute approximate surface area is 78.3 Å². The van der Waals surface area contributed by atoms with Crippen LogP contribution in [0.1, 0.15) is 13.8 Å². The maximum absolute atomic E-state index is 9.53. The molecule has 2 N–H and O–H groups in total. The lowest BCUT2D eigenvalue weighted by molar-refractivity contribution is 0.0394. The van der Waals surface area contributed by atoms with E-state index in [1.165, 1.54) is 0 Å². The van der Waals surface area contributed by atoms with Crippen LogP contribution in [0.25, 0.3) is 0 Å². The summed E-state index contributed by atoms with van der Waals surface area (Å²) >= 11 is 0. The molecule has 0 saturated carbocycles. The molecule has 1 aliphatic rings. The summed E-state index contributed by atoms with van der Waals surface area (Å²) in [7, 11) is 0. The van der Waals surface area contributed by atoms with Gasteiger partial charge in [0.25, 0.3) is 0 Å². The standard InChI is InChI=1S/C10H16O3/c1-3-5-7-9(11)10(12)8(13-7)6-4-2/h3-12H,1-2H3/b5-3+,6-4+/t7-,8+,9-,10-/m0/s1. The van der Waals surface area contributed by atoms with Crippen LogP contribution in [0, 0.1) is 0 Å². The van der Waals surface area contributed by atoms with Gasteiger partial charge in [-0.2, -0.15) is 0 Å². The summed E-state index contributed by atoms with van der Waals surface area (Å²) in [6.45, 7) is 3.71. The van der Waals surface area contributed by atoms with Crippen LogP contribution in [-0.4, -0.2) is 34.6 Å². The summed E-state index contributed by atoms with van der Waals surface area (Å²) in [5.41, 5.74) is 0. The third-order valence-corrected chi connectivity index (χ3v) is 2.10. The van der Waals surface area contributed by atoms with Gasteiger partial charge in [0, 0.05) is 0 Å². The molecule has 1 aliphatic heterocycles. The van der Waals surface area contributed by atoms with E-state index in [2.05, 4.69) is 0 Å². The molecule has 0 aromatic heterocycles. The molecule has 1 heterocycles. The fraction of sp³-hybridized carbons (Fsp3) is 0.600. The van der Waals surface area contributed by atoms with Gasteiger partial charge in [-0.25, -0.2) is 0 Å². The molecule has 0 aromatic rings. The zero-order chi connectivity index (χ0) is 9.84. The molecule has 0 aliphatic carbocycles. The van der Waals surface area contributed by atoms with Crippen LogP contribution in [0.4, 0.5) is 0 Å². The Morgan fingerprint density at radius 1 is 0.923 bits per heavy atom. The van der Waals surface area contributed by atoms with Crippen LogP contribution in [0.5, 0.6) is 0 Å². The fourth-order valence-corrected chi connectivity index (χ4v) is 1.43. The summed E-state index contributed by atoms with van der Waals surface area (Å²) < 4.78 is 5.39. The van der Waals surface area contributed by atoms with Crippen molar-refractivity contribution < 1.29 is 14.9 Å². The minimum atomic E-state index is -0.822. The lowest BCUT2D eigenvalue weighted by atomic mass is 10.1. The Morgan fingerprint density at radius 2 is 1.31 bits per heavy atom. The summed E-state index contributed by atoms with van der Waals surface area (Å²) in [6, 6.07) is 0. The number of rotatable bonds is 2. The number of allylic oxidation sites excluding steroid dienone is 2. The van der Waals surface area contributed by atoms with Crippen LogP contribution in [0.3, 0.4) is 0 Å². The first-order valence-electron chi connectivity index (χ1n) is 4.48. The third-order valence-electron chi connectivity index (χ3n) is 2.10. The average molecular weight is 184 g/mol. The highest BCUT2D eigenvalue weighted by molar-refractivity contribution is 5.06. The number of hydrogen-bond acceptors (Lipinski definition) is 3. The van der Waals surface area contributed by atoms with Gasteiger partial charge in [0.2, 0.25) is 0 Å². The lowest BCUT2D eigenvalue weighted by Gasteiger charge is -2.09. The van der Waals surface area contributed by atoms with Crippen LogP contribution in [-0.2, 0) is 4.74 Å². The maximum atomic E-state index is 9.53. The molecule has 0 unspecified atom stereocenters. The van der Waals surface area contributed by atoms with Crippen molar-refractivity contribution in [1.29, 1.82) is 0 Å². The number of hydrogen-bond donors (Lipinski definition) is 2. The fourth-order valence-electron chi connectivity index (χ4n) is 1.43. The van der Waals surface area contributed by atoms with E-state index >= 15 is 0 Å². The summed E-state index contributed by atoms with van der Waals surface area (Å²) in [5.74, 6) is 0. The van der Waals surface area contributed by atoms with Crippen LogP contribution >= 0.6 is 0 Å². The highest BCUT2D eigenvalue weighted by Gasteiger charge is 2.39. The van der Waals surface area contributed by atoms with Gasteiger partial charge in [-0.05, 0) is 13.8 Å². The largest absolute Gasteiger partial charge is 0.387 e. The van der Waals surface area contributed by atoms with E-state index in [1.807, 2.05) is 13.8 Å². The predicted molar refractivity (Wildman–Crippen MR) is 50.3 cm³/mol. The average Bonchev–Trinajstić information content (AvgIpc) is 2.36. The maximum Gasteiger partial charge on any atom is 0.112 e. The van der Waals surface area contributed by atoms with E-state index < -0.39 is 12.2 Å². The van der Waals surface area contributed by atoms with Crippen LogP contribution in [0.2, 0.25) is 0 Å². The summed E-state index contributed by atoms with van der Waals surface area (Å²) in [5, 5.41) is 19.1. The molecule has 1 saturated heterocycles. The summed E-state index contributed by atoms with van der Waals surface area (Å²) in [6.07, 6.45) is 4.68. The van der Waals surface area contributed by atoms with Crippen molar-refractivity contribution >= 4 is 0 Å². The van der Waals surface area contributed by atoms with Crippen LogP contribution in [0.15, 0.2) is 24.3 Å². The molecule has 0 amide bonds. The Kier molecular flexibility index (Phi) is 3.66. The quantitative estimate of drug-likeness (QED) is 0.619. The van der Waals surface area contributed by atoms with Gasteiger partial charge < -0.3 is 14.9 Å². The van der Waals surface area contributed by atoms with Gasteiger partial charge in [0.15, 0.2) is 0 Å². The molecule has 74 valence electrons. The molecule has 1 rings (SSSR count). The lowest BCUT2D eigenvalue weighted by Crippen LogP contribution is -2.31. The Bertz CT molecular complexity index is 188. The second kappa shape index (κ2) is 4.56. The Morgan fingerprint density at radius 3 is 1.62 bits per heavy atom. The topological polar surface area (TPSA) is 49.7 Å². The van der Waals surface area contributed by atoms with Gasteiger partial charge in [-0.3, -0.25) is 0 Å². The van der Waals surface area contributed by atoms with Gasteiger partial charge in [-0.15, -0.1) is 0 Å². The first kappa shape index (κ1) is 10.4. The molecule has 0 spiro atoms. The minimum Gasteiger partial charge on any atom is -0.387 e. The molecule has 3 heteroatoms. The van der Waals surface area contributed by atoms with Gasteiger partial charge >= 0.3 is 0 Å². The van der Waals surface area contributed by atoms with E-state index in [9.17, 15) is 10.2 Å². The third kappa shape index (κ3) is 2.18. The highest BCUT2D eigenvalue weighted by Crippen LogP contribution is 2.22. The van der Waals surface area contributed by atoms with Crippen molar-refractivity contribution in [1.82, 2.24) is 0 Å².